The van der Waals surface area contributed by atoms with Gasteiger partial charge < -0.3 is 15.1 Å². The number of rotatable bonds is 5. The third-order valence-electron chi connectivity index (χ3n) is 2.49. The Morgan fingerprint density at radius 1 is 1.20 bits per heavy atom. The summed E-state index contributed by atoms with van der Waals surface area (Å²) in [5.41, 5.74) is 0.625. The van der Waals surface area contributed by atoms with Gasteiger partial charge in [-0.2, -0.15) is 0 Å². The van der Waals surface area contributed by atoms with Gasteiger partial charge in [0.1, 0.15) is 0 Å². The summed E-state index contributed by atoms with van der Waals surface area (Å²) >= 11 is 5.81. The highest BCUT2D eigenvalue weighted by Gasteiger charge is 2.08. The summed E-state index contributed by atoms with van der Waals surface area (Å²) in [5, 5.41) is 5.84. The zero-order chi connectivity index (χ0) is 14.4. The second kappa shape index (κ2) is 6.77. The molecule has 1 heterocycles. The van der Waals surface area contributed by atoms with Crippen molar-refractivity contribution >= 4 is 29.1 Å². The van der Waals surface area contributed by atoms with Crippen LogP contribution < -0.4 is 10.6 Å². The van der Waals surface area contributed by atoms with Gasteiger partial charge in [-0.3, -0.25) is 9.59 Å². The van der Waals surface area contributed by atoms with E-state index in [1.807, 2.05) is 0 Å². The predicted octanol–water partition coefficient (Wildman–Crippen LogP) is 2.69. The maximum Gasteiger partial charge on any atom is 0.286 e. The number of nitrogens with one attached hydrogen (secondary N) is 2. The minimum Gasteiger partial charge on any atom is -0.459 e. The summed E-state index contributed by atoms with van der Waals surface area (Å²) in [6.45, 7) is 0.228. The third kappa shape index (κ3) is 4.13. The van der Waals surface area contributed by atoms with Crippen LogP contribution in [-0.4, -0.2) is 18.4 Å². The highest BCUT2D eigenvalue weighted by Crippen LogP contribution is 2.14. The fourth-order valence-corrected chi connectivity index (χ4v) is 1.76. The van der Waals surface area contributed by atoms with Crippen LogP contribution in [0.5, 0.6) is 0 Å². The molecule has 0 atom stereocenters. The largest absolute Gasteiger partial charge is 0.459 e. The fraction of sp³-hybridized carbons (Fsp3) is 0.143. The molecule has 0 bridgehead atoms. The zero-order valence-electron chi connectivity index (χ0n) is 10.6. The SMILES string of the molecule is O=C(CCNC(=O)c1ccco1)Nc1cccc(Cl)c1. The van der Waals surface area contributed by atoms with Gasteiger partial charge in [-0.05, 0) is 30.3 Å². The molecule has 104 valence electrons. The van der Waals surface area contributed by atoms with Crippen molar-refractivity contribution in [2.75, 3.05) is 11.9 Å². The average molecular weight is 293 g/mol. The molecular formula is C14H13ClN2O3. The smallest absolute Gasteiger partial charge is 0.286 e. The predicted molar refractivity (Wildman–Crippen MR) is 75.7 cm³/mol. The molecule has 0 unspecified atom stereocenters. The van der Waals surface area contributed by atoms with Gasteiger partial charge in [0.2, 0.25) is 5.91 Å². The molecule has 6 heteroatoms. The Balaban J connectivity index is 1.74. The second-order valence-corrected chi connectivity index (χ2v) is 4.48. The first-order valence-electron chi connectivity index (χ1n) is 6.02. The summed E-state index contributed by atoms with van der Waals surface area (Å²) in [4.78, 5) is 23.2. The van der Waals surface area contributed by atoms with Crippen molar-refractivity contribution < 1.29 is 14.0 Å². The van der Waals surface area contributed by atoms with E-state index >= 15 is 0 Å². The van der Waals surface area contributed by atoms with Crippen LogP contribution in [-0.2, 0) is 4.79 Å². The summed E-state index contributed by atoms with van der Waals surface area (Å²) < 4.78 is 4.93. The number of benzene rings is 1. The van der Waals surface area contributed by atoms with E-state index in [-0.39, 0.29) is 30.5 Å². The highest BCUT2D eigenvalue weighted by atomic mass is 35.5. The lowest BCUT2D eigenvalue weighted by Crippen LogP contribution is -2.27. The molecule has 20 heavy (non-hydrogen) atoms. The third-order valence-corrected chi connectivity index (χ3v) is 2.73. The van der Waals surface area contributed by atoms with Crippen molar-refractivity contribution in [2.24, 2.45) is 0 Å². The molecule has 5 nitrogen and oxygen atoms in total. The normalized spacial score (nSPS) is 10.1. The molecule has 2 rings (SSSR count). The van der Waals surface area contributed by atoms with E-state index < -0.39 is 0 Å². The minimum atomic E-state index is -0.342. The maximum atomic E-state index is 11.7. The van der Waals surface area contributed by atoms with Crippen LogP contribution in [0.2, 0.25) is 5.02 Å². The van der Waals surface area contributed by atoms with Crippen molar-refractivity contribution in [1.82, 2.24) is 5.32 Å². The molecule has 0 fully saturated rings. The van der Waals surface area contributed by atoms with Crippen molar-refractivity contribution in [3.8, 4) is 0 Å². The Labute approximate surface area is 120 Å². The topological polar surface area (TPSA) is 71.3 Å². The van der Waals surface area contributed by atoms with Crippen LogP contribution in [0.15, 0.2) is 47.1 Å². The number of amides is 2. The fourth-order valence-electron chi connectivity index (χ4n) is 1.57. The molecule has 0 aliphatic rings. The first kappa shape index (κ1) is 14.1. The number of hydrogen-bond acceptors (Lipinski definition) is 3. The standard InChI is InChI=1S/C14H13ClN2O3/c15-10-3-1-4-11(9-10)17-13(18)6-7-16-14(19)12-5-2-8-20-12/h1-5,8-9H,6-7H2,(H,16,19)(H,17,18). The van der Waals surface area contributed by atoms with E-state index in [0.29, 0.717) is 10.7 Å². The molecule has 0 radical (unpaired) electrons. The van der Waals surface area contributed by atoms with Crippen LogP contribution in [0.25, 0.3) is 0 Å². The zero-order valence-corrected chi connectivity index (χ0v) is 11.3. The van der Waals surface area contributed by atoms with Gasteiger partial charge in [-0.25, -0.2) is 0 Å². The van der Waals surface area contributed by atoms with E-state index in [9.17, 15) is 9.59 Å². The van der Waals surface area contributed by atoms with Gasteiger partial charge in [0, 0.05) is 23.7 Å². The quantitative estimate of drug-likeness (QED) is 0.890. The van der Waals surface area contributed by atoms with Crippen molar-refractivity contribution in [3.05, 3.63) is 53.4 Å². The number of hydrogen-bond donors (Lipinski definition) is 2. The molecule has 0 aliphatic heterocycles. The molecule has 2 amide bonds. The van der Waals surface area contributed by atoms with Crippen LogP contribution in [0, 0.1) is 0 Å². The molecule has 1 aromatic carbocycles. The Morgan fingerprint density at radius 2 is 2.05 bits per heavy atom. The van der Waals surface area contributed by atoms with Gasteiger partial charge in [0.15, 0.2) is 5.76 Å². The van der Waals surface area contributed by atoms with Gasteiger partial charge in [0.25, 0.3) is 5.91 Å². The Kier molecular flexibility index (Phi) is 4.79. The van der Waals surface area contributed by atoms with Crippen LogP contribution in [0.3, 0.4) is 0 Å². The van der Waals surface area contributed by atoms with Gasteiger partial charge in [0.05, 0.1) is 6.26 Å². The van der Waals surface area contributed by atoms with Gasteiger partial charge >= 0.3 is 0 Å². The molecule has 0 saturated heterocycles. The van der Waals surface area contributed by atoms with Crippen molar-refractivity contribution in [1.29, 1.82) is 0 Å². The molecule has 2 aromatic rings. The van der Waals surface area contributed by atoms with Crippen molar-refractivity contribution in [3.63, 3.8) is 0 Å². The summed E-state index contributed by atoms with van der Waals surface area (Å²) in [6, 6.07) is 10.0. The van der Waals surface area contributed by atoms with Crippen LogP contribution in [0.1, 0.15) is 17.0 Å². The molecule has 1 aromatic heterocycles. The minimum absolute atomic E-state index is 0.166. The average Bonchev–Trinajstić information content (AvgIpc) is 2.92. The van der Waals surface area contributed by atoms with Gasteiger partial charge in [-0.15, -0.1) is 0 Å². The first-order chi connectivity index (χ1) is 9.65. The van der Waals surface area contributed by atoms with Crippen LogP contribution in [0.4, 0.5) is 5.69 Å². The Bertz CT molecular complexity index is 596. The van der Waals surface area contributed by atoms with Crippen LogP contribution >= 0.6 is 11.6 Å². The summed E-state index contributed by atoms with van der Waals surface area (Å²) in [7, 11) is 0. The maximum absolute atomic E-state index is 11.7. The number of carbonyl (C=O) groups excluding carboxylic acids is 2. The van der Waals surface area contributed by atoms with E-state index in [2.05, 4.69) is 10.6 Å². The monoisotopic (exact) mass is 292 g/mol. The highest BCUT2D eigenvalue weighted by molar-refractivity contribution is 6.30. The van der Waals surface area contributed by atoms with E-state index in [4.69, 9.17) is 16.0 Å². The molecule has 2 N–H and O–H groups in total. The van der Waals surface area contributed by atoms with E-state index in [1.54, 1.807) is 36.4 Å². The lowest BCUT2D eigenvalue weighted by atomic mass is 10.3. The molecule has 0 aliphatic carbocycles. The molecule has 0 saturated carbocycles. The second-order valence-electron chi connectivity index (χ2n) is 4.04. The van der Waals surface area contributed by atoms with E-state index in [1.165, 1.54) is 6.26 Å². The lowest BCUT2D eigenvalue weighted by Gasteiger charge is -2.06. The van der Waals surface area contributed by atoms with E-state index in [0.717, 1.165) is 0 Å². The number of carbonyl (C=O) groups is 2. The number of furan rings is 1. The van der Waals surface area contributed by atoms with Crippen molar-refractivity contribution in [2.45, 2.75) is 6.42 Å². The lowest BCUT2D eigenvalue weighted by molar-refractivity contribution is -0.116. The first-order valence-corrected chi connectivity index (χ1v) is 6.40. The summed E-state index contributed by atoms with van der Waals surface area (Å²) in [6.07, 6.45) is 1.58. The van der Waals surface area contributed by atoms with Gasteiger partial charge in [-0.1, -0.05) is 17.7 Å². The molecular weight excluding hydrogens is 280 g/mol. The molecule has 0 spiro atoms. The number of halogens is 1. The Hall–Kier alpha value is -2.27. The number of anilines is 1. The Morgan fingerprint density at radius 3 is 2.75 bits per heavy atom. The summed E-state index contributed by atoms with van der Waals surface area (Å²) in [5.74, 6) is -0.321.